The van der Waals surface area contributed by atoms with Crippen molar-refractivity contribution >= 4 is 0 Å². The molecule has 2 heteroatoms. The minimum Gasteiger partial charge on any atom is -0.494 e. The van der Waals surface area contributed by atoms with E-state index in [0.717, 1.165) is 36.5 Å². The minimum atomic E-state index is 0.798. The zero-order valence-electron chi connectivity index (χ0n) is 18.6. The monoisotopic (exact) mass is 401 g/mol. The Morgan fingerprint density at radius 1 is 0.633 bits per heavy atom. The summed E-state index contributed by atoms with van der Waals surface area (Å²) in [6, 6.07) is 21.4. The third kappa shape index (κ3) is 6.73. The first kappa shape index (κ1) is 22.1. The first-order valence-electron chi connectivity index (χ1n) is 11.6. The van der Waals surface area contributed by atoms with Gasteiger partial charge in [-0.05, 0) is 54.2 Å². The lowest BCUT2D eigenvalue weighted by Gasteiger charge is -2.08. The summed E-state index contributed by atoms with van der Waals surface area (Å²) in [5.74, 6) is 0.949. The fourth-order valence-corrected chi connectivity index (χ4v) is 3.62. The number of aromatic nitrogens is 1. The van der Waals surface area contributed by atoms with Crippen LogP contribution in [0.2, 0.25) is 0 Å². The van der Waals surface area contributed by atoms with Crippen LogP contribution in [0.4, 0.5) is 0 Å². The molecule has 0 amide bonds. The molecule has 3 rings (SSSR count). The molecule has 0 spiro atoms. The molecule has 0 aliphatic heterocycles. The van der Waals surface area contributed by atoms with Crippen LogP contribution in [0.15, 0.2) is 66.9 Å². The van der Waals surface area contributed by atoms with Gasteiger partial charge in [-0.2, -0.15) is 0 Å². The van der Waals surface area contributed by atoms with Crippen molar-refractivity contribution in [3.63, 3.8) is 0 Å². The largest absolute Gasteiger partial charge is 0.494 e. The first-order valence-corrected chi connectivity index (χ1v) is 11.6. The fraction of sp³-hybridized carbons (Fsp3) is 0.393. The maximum atomic E-state index is 5.81. The molecule has 0 aliphatic rings. The Bertz CT molecular complexity index is 776. The van der Waals surface area contributed by atoms with E-state index in [0.29, 0.717) is 0 Å². The van der Waals surface area contributed by atoms with Gasteiger partial charge in [-0.15, -0.1) is 0 Å². The van der Waals surface area contributed by atoms with Gasteiger partial charge in [0, 0.05) is 11.8 Å². The number of ether oxygens (including phenoxy) is 1. The molecule has 2 nitrogen and oxygen atoms in total. The Morgan fingerprint density at radius 2 is 1.27 bits per heavy atom. The molecular formula is C28H35NO. The van der Waals surface area contributed by atoms with Crippen LogP contribution in [0.1, 0.15) is 64.4 Å². The summed E-state index contributed by atoms with van der Waals surface area (Å²) in [7, 11) is 0. The molecule has 0 aliphatic carbocycles. The van der Waals surface area contributed by atoms with E-state index < -0.39 is 0 Å². The van der Waals surface area contributed by atoms with Gasteiger partial charge in [-0.25, -0.2) is 0 Å². The van der Waals surface area contributed by atoms with Crippen molar-refractivity contribution < 1.29 is 4.74 Å². The molecule has 0 saturated heterocycles. The number of pyridine rings is 1. The van der Waals surface area contributed by atoms with Crippen molar-refractivity contribution in [1.29, 1.82) is 0 Å². The molecule has 1 heterocycles. The molecule has 158 valence electrons. The molecule has 0 N–H and O–H groups in total. The SMILES string of the molecule is CCCCCCc1ccc(-c2ccc(-c3ccc(OCCCCC)cc3)cc2)nc1. The van der Waals surface area contributed by atoms with Crippen LogP contribution in [-0.2, 0) is 6.42 Å². The maximum absolute atomic E-state index is 5.81. The molecule has 3 aromatic rings. The average molecular weight is 402 g/mol. The van der Waals surface area contributed by atoms with E-state index in [9.17, 15) is 0 Å². The molecule has 0 fully saturated rings. The Labute approximate surface area is 182 Å². The van der Waals surface area contributed by atoms with Gasteiger partial charge in [-0.3, -0.25) is 4.98 Å². The quantitative estimate of drug-likeness (QED) is 0.286. The van der Waals surface area contributed by atoms with Crippen LogP contribution in [0.25, 0.3) is 22.4 Å². The van der Waals surface area contributed by atoms with Crippen molar-refractivity contribution in [2.45, 2.75) is 65.2 Å². The number of benzene rings is 2. The van der Waals surface area contributed by atoms with E-state index in [1.807, 2.05) is 6.20 Å². The second kappa shape index (κ2) is 12.2. The lowest BCUT2D eigenvalue weighted by atomic mass is 10.0. The van der Waals surface area contributed by atoms with E-state index in [1.54, 1.807) is 0 Å². The zero-order valence-corrected chi connectivity index (χ0v) is 18.6. The number of rotatable bonds is 12. The second-order valence-corrected chi connectivity index (χ2v) is 8.02. The molecule has 0 atom stereocenters. The number of aryl methyl sites for hydroxylation is 1. The Kier molecular flexibility index (Phi) is 8.96. The first-order chi connectivity index (χ1) is 14.8. The van der Waals surface area contributed by atoms with E-state index in [1.165, 1.54) is 55.2 Å². The predicted octanol–water partition coefficient (Wildman–Crippen LogP) is 8.11. The summed E-state index contributed by atoms with van der Waals surface area (Å²) < 4.78 is 5.81. The molecule has 0 saturated carbocycles. The number of unbranched alkanes of at least 4 members (excludes halogenated alkanes) is 5. The van der Waals surface area contributed by atoms with Crippen LogP contribution < -0.4 is 4.74 Å². The molecule has 0 radical (unpaired) electrons. The van der Waals surface area contributed by atoms with Gasteiger partial charge in [-0.1, -0.05) is 88.4 Å². The van der Waals surface area contributed by atoms with Crippen LogP contribution >= 0.6 is 0 Å². The van der Waals surface area contributed by atoms with Gasteiger partial charge >= 0.3 is 0 Å². The van der Waals surface area contributed by atoms with Crippen molar-refractivity contribution in [3.05, 3.63) is 72.4 Å². The maximum Gasteiger partial charge on any atom is 0.119 e. The number of hydrogen-bond donors (Lipinski definition) is 0. The van der Waals surface area contributed by atoms with Gasteiger partial charge in [0.05, 0.1) is 12.3 Å². The Balaban J connectivity index is 1.56. The summed E-state index contributed by atoms with van der Waals surface area (Å²) in [5, 5.41) is 0. The Hall–Kier alpha value is -2.61. The molecule has 2 aromatic carbocycles. The van der Waals surface area contributed by atoms with Crippen molar-refractivity contribution in [3.8, 4) is 28.1 Å². The fourth-order valence-electron chi connectivity index (χ4n) is 3.62. The third-order valence-electron chi connectivity index (χ3n) is 5.53. The van der Waals surface area contributed by atoms with E-state index >= 15 is 0 Å². The van der Waals surface area contributed by atoms with Crippen molar-refractivity contribution in [2.75, 3.05) is 6.61 Å². The summed E-state index contributed by atoms with van der Waals surface area (Å²) in [5.41, 5.74) is 5.95. The summed E-state index contributed by atoms with van der Waals surface area (Å²) >= 11 is 0. The molecule has 0 unspecified atom stereocenters. The minimum absolute atomic E-state index is 0.798. The van der Waals surface area contributed by atoms with Gasteiger partial charge in [0.15, 0.2) is 0 Å². The third-order valence-corrected chi connectivity index (χ3v) is 5.53. The van der Waals surface area contributed by atoms with Gasteiger partial charge in [0.25, 0.3) is 0 Å². The summed E-state index contributed by atoms with van der Waals surface area (Å²) in [4.78, 5) is 4.69. The zero-order chi connectivity index (χ0) is 21.0. The topological polar surface area (TPSA) is 22.1 Å². The highest BCUT2D eigenvalue weighted by atomic mass is 16.5. The highest BCUT2D eigenvalue weighted by Crippen LogP contribution is 2.26. The lowest BCUT2D eigenvalue weighted by Crippen LogP contribution is -1.96. The van der Waals surface area contributed by atoms with Crippen molar-refractivity contribution in [2.24, 2.45) is 0 Å². The smallest absolute Gasteiger partial charge is 0.119 e. The van der Waals surface area contributed by atoms with Gasteiger partial charge in [0.2, 0.25) is 0 Å². The number of nitrogens with zero attached hydrogens (tertiary/aromatic N) is 1. The van der Waals surface area contributed by atoms with Crippen LogP contribution in [0.5, 0.6) is 5.75 Å². The normalized spacial score (nSPS) is 10.9. The van der Waals surface area contributed by atoms with Crippen LogP contribution in [0, 0.1) is 0 Å². The summed E-state index contributed by atoms with van der Waals surface area (Å²) in [6.45, 7) is 5.26. The molecular weight excluding hydrogens is 366 g/mol. The van der Waals surface area contributed by atoms with Gasteiger partial charge < -0.3 is 4.74 Å². The highest BCUT2D eigenvalue weighted by Gasteiger charge is 2.03. The summed E-state index contributed by atoms with van der Waals surface area (Å²) in [6.07, 6.45) is 11.9. The predicted molar refractivity (Wildman–Crippen MR) is 128 cm³/mol. The van der Waals surface area contributed by atoms with Crippen LogP contribution in [-0.4, -0.2) is 11.6 Å². The second-order valence-electron chi connectivity index (χ2n) is 8.02. The lowest BCUT2D eigenvalue weighted by molar-refractivity contribution is 0.306. The number of hydrogen-bond acceptors (Lipinski definition) is 2. The molecule has 0 bridgehead atoms. The van der Waals surface area contributed by atoms with E-state index in [4.69, 9.17) is 4.74 Å². The van der Waals surface area contributed by atoms with E-state index in [-0.39, 0.29) is 0 Å². The Morgan fingerprint density at radius 3 is 1.90 bits per heavy atom. The van der Waals surface area contributed by atoms with Crippen LogP contribution in [0.3, 0.4) is 0 Å². The van der Waals surface area contributed by atoms with Crippen molar-refractivity contribution in [1.82, 2.24) is 4.98 Å². The van der Waals surface area contributed by atoms with E-state index in [2.05, 4.69) is 79.5 Å². The molecule has 30 heavy (non-hydrogen) atoms. The highest BCUT2D eigenvalue weighted by molar-refractivity contribution is 5.69. The standard InChI is InChI=1S/C28H35NO/c1-3-5-7-8-10-23-11-20-28(29-22-23)26-14-12-24(13-15-26)25-16-18-27(19-17-25)30-21-9-6-4-2/h11-20,22H,3-10,21H2,1-2H3. The van der Waals surface area contributed by atoms with Gasteiger partial charge in [0.1, 0.15) is 5.75 Å². The molecule has 1 aromatic heterocycles. The average Bonchev–Trinajstić information content (AvgIpc) is 2.81.